The summed E-state index contributed by atoms with van der Waals surface area (Å²) in [4.78, 5) is 0. The van der Waals surface area contributed by atoms with Crippen LogP contribution in [0.4, 0.5) is 5.69 Å². The minimum Gasteiger partial charge on any atom is -0.381 e. The molecule has 0 aliphatic heterocycles. The molecule has 0 aliphatic carbocycles. The molecule has 0 amide bonds. The smallest absolute Gasteiger partial charge is 0.0670 e. The van der Waals surface area contributed by atoms with Crippen LogP contribution in [-0.4, -0.2) is 20.4 Å². The van der Waals surface area contributed by atoms with Crippen LogP contribution < -0.4 is 5.32 Å². The van der Waals surface area contributed by atoms with Gasteiger partial charge in [-0.05, 0) is 25.1 Å². The maximum absolute atomic E-state index is 4.00. The van der Waals surface area contributed by atoms with E-state index in [4.69, 9.17) is 0 Å². The van der Waals surface area contributed by atoms with Crippen LogP contribution in [0.1, 0.15) is 11.3 Å². The Morgan fingerprint density at radius 1 is 1.18 bits per heavy atom. The first kappa shape index (κ1) is 9.89. The van der Waals surface area contributed by atoms with Crippen molar-refractivity contribution in [1.29, 1.82) is 0 Å². The highest BCUT2D eigenvalue weighted by molar-refractivity contribution is 5.81. The number of nitrogens with one attached hydrogen (secondary N) is 3. The van der Waals surface area contributed by atoms with E-state index in [1.54, 1.807) is 0 Å². The molecule has 3 N–H and O–H groups in total. The zero-order valence-electron chi connectivity index (χ0n) is 9.49. The van der Waals surface area contributed by atoms with Crippen molar-refractivity contribution >= 4 is 16.6 Å². The number of aryl methyl sites for hydroxylation is 1. The number of hydrogen-bond donors (Lipinski definition) is 3. The topological polar surface area (TPSA) is 69.4 Å². The second-order valence-electron chi connectivity index (χ2n) is 4.05. The van der Waals surface area contributed by atoms with E-state index in [1.165, 1.54) is 5.56 Å². The van der Waals surface area contributed by atoms with Crippen molar-refractivity contribution in [3.63, 3.8) is 0 Å². The van der Waals surface area contributed by atoms with Gasteiger partial charge in [0.15, 0.2) is 0 Å². The fraction of sp³-hybridized carbons (Fsp3) is 0.167. The van der Waals surface area contributed by atoms with Gasteiger partial charge in [-0.2, -0.15) is 10.2 Å². The first-order chi connectivity index (χ1) is 8.33. The summed E-state index contributed by atoms with van der Waals surface area (Å²) in [6.45, 7) is 2.78. The molecular formula is C12H13N5. The lowest BCUT2D eigenvalue weighted by atomic mass is 10.2. The van der Waals surface area contributed by atoms with Gasteiger partial charge in [0.05, 0.1) is 17.9 Å². The van der Waals surface area contributed by atoms with Crippen LogP contribution in [0.15, 0.2) is 30.6 Å². The van der Waals surface area contributed by atoms with Crippen molar-refractivity contribution in [3.05, 3.63) is 41.9 Å². The Labute approximate surface area is 98.2 Å². The third-order valence-electron chi connectivity index (χ3n) is 2.86. The molecule has 0 saturated carbocycles. The average Bonchev–Trinajstić information content (AvgIpc) is 2.94. The minimum atomic E-state index is 0.766. The van der Waals surface area contributed by atoms with Gasteiger partial charge in [0.25, 0.3) is 0 Å². The monoisotopic (exact) mass is 227 g/mol. The molecule has 0 unspecified atom stereocenters. The highest BCUT2D eigenvalue weighted by Gasteiger charge is 2.01. The number of H-pyrrole nitrogens is 2. The van der Waals surface area contributed by atoms with Gasteiger partial charge in [0, 0.05) is 28.9 Å². The Morgan fingerprint density at radius 2 is 2.06 bits per heavy atom. The van der Waals surface area contributed by atoms with Crippen molar-refractivity contribution in [2.75, 3.05) is 5.32 Å². The van der Waals surface area contributed by atoms with E-state index in [-0.39, 0.29) is 0 Å². The van der Waals surface area contributed by atoms with Gasteiger partial charge in [-0.1, -0.05) is 0 Å². The lowest BCUT2D eigenvalue weighted by Gasteiger charge is -2.05. The van der Waals surface area contributed by atoms with Gasteiger partial charge in [-0.15, -0.1) is 0 Å². The summed E-state index contributed by atoms with van der Waals surface area (Å²) in [5.41, 5.74) is 4.39. The zero-order valence-corrected chi connectivity index (χ0v) is 9.49. The molecule has 17 heavy (non-hydrogen) atoms. The molecule has 3 aromatic rings. The second-order valence-corrected chi connectivity index (χ2v) is 4.05. The number of aromatic nitrogens is 4. The lowest BCUT2D eigenvalue weighted by molar-refractivity contribution is 1.04. The predicted octanol–water partition coefficient (Wildman–Crippen LogP) is 2.21. The fourth-order valence-corrected chi connectivity index (χ4v) is 1.80. The van der Waals surface area contributed by atoms with Gasteiger partial charge >= 0.3 is 0 Å². The summed E-state index contributed by atoms with van der Waals surface area (Å²) < 4.78 is 0. The first-order valence-electron chi connectivity index (χ1n) is 5.49. The number of rotatable bonds is 3. The van der Waals surface area contributed by atoms with Crippen LogP contribution in [0.5, 0.6) is 0 Å². The van der Waals surface area contributed by atoms with E-state index in [2.05, 4.69) is 31.8 Å². The average molecular weight is 227 g/mol. The second kappa shape index (κ2) is 3.93. The summed E-state index contributed by atoms with van der Waals surface area (Å²) in [6.07, 6.45) is 3.66. The quantitative estimate of drug-likeness (QED) is 0.642. The van der Waals surface area contributed by atoms with E-state index in [0.29, 0.717) is 0 Å². The molecule has 5 heteroatoms. The van der Waals surface area contributed by atoms with Crippen LogP contribution >= 0.6 is 0 Å². The maximum Gasteiger partial charge on any atom is 0.0670 e. The Kier molecular flexibility index (Phi) is 2.29. The molecule has 2 aromatic heterocycles. The molecule has 0 bridgehead atoms. The van der Waals surface area contributed by atoms with Crippen molar-refractivity contribution in [2.24, 2.45) is 0 Å². The van der Waals surface area contributed by atoms with Crippen LogP contribution in [0.3, 0.4) is 0 Å². The fourth-order valence-electron chi connectivity index (χ4n) is 1.80. The Morgan fingerprint density at radius 3 is 2.88 bits per heavy atom. The maximum atomic E-state index is 4.00. The molecule has 0 saturated heterocycles. The van der Waals surface area contributed by atoms with E-state index in [0.717, 1.165) is 28.8 Å². The SMILES string of the molecule is Cc1[nH]ncc1CNc1ccc2cn[nH]c2c1. The number of hydrogen-bond acceptors (Lipinski definition) is 3. The molecule has 0 atom stereocenters. The Balaban J connectivity index is 1.78. The molecule has 5 nitrogen and oxygen atoms in total. The van der Waals surface area contributed by atoms with Crippen LogP contribution in [0.25, 0.3) is 10.9 Å². The van der Waals surface area contributed by atoms with Gasteiger partial charge < -0.3 is 5.32 Å². The first-order valence-corrected chi connectivity index (χ1v) is 5.49. The standard InChI is InChI=1S/C12H13N5/c1-8-10(7-14-16-8)5-13-11-3-2-9-6-15-17-12(9)4-11/h2-4,6-7,13H,5H2,1H3,(H,14,16)(H,15,17). The number of aromatic amines is 2. The Bertz CT molecular complexity index is 637. The number of benzene rings is 1. The van der Waals surface area contributed by atoms with Crippen molar-refractivity contribution in [1.82, 2.24) is 20.4 Å². The van der Waals surface area contributed by atoms with E-state index in [1.807, 2.05) is 31.5 Å². The van der Waals surface area contributed by atoms with Crippen LogP contribution in [0.2, 0.25) is 0 Å². The molecule has 86 valence electrons. The van der Waals surface area contributed by atoms with Gasteiger partial charge in [-0.25, -0.2) is 0 Å². The molecular weight excluding hydrogens is 214 g/mol. The molecule has 0 fully saturated rings. The molecule has 0 radical (unpaired) electrons. The van der Waals surface area contributed by atoms with Gasteiger partial charge in [0.2, 0.25) is 0 Å². The van der Waals surface area contributed by atoms with E-state index in [9.17, 15) is 0 Å². The highest BCUT2D eigenvalue weighted by Crippen LogP contribution is 2.17. The normalized spacial score (nSPS) is 10.9. The molecule has 2 heterocycles. The molecule has 3 rings (SSSR count). The largest absolute Gasteiger partial charge is 0.381 e. The summed E-state index contributed by atoms with van der Waals surface area (Å²) in [5, 5.41) is 18.4. The number of nitrogens with zero attached hydrogens (tertiary/aromatic N) is 2. The van der Waals surface area contributed by atoms with Gasteiger partial charge in [0.1, 0.15) is 0 Å². The summed E-state index contributed by atoms with van der Waals surface area (Å²) in [7, 11) is 0. The molecule has 0 aliphatic rings. The van der Waals surface area contributed by atoms with E-state index < -0.39 is 0 Å². The predicted molar refractivity (Wildman–Crippen MR) is 66.7 cm³/mol. The molecule has 0 spiro atoms. The third-order valence-corrected chi connectivity index (χ3v) is 2.86. The number of anilines is 1. The number of fused-ring (bicyclic) bond motifs is 1. The van der Waals surface area contributed by atoms with Crippen molar-refractivity contribution in [3.8, 4) is 0 Å². The summed E-state index contributed by atoms with van der Waals surface area (Å²) >= 11 is 0. The summed E-state index contributed by atoms with van der Waals surface area (Å²) in [5.74, 6) is 0. The minimum absolute atomic E-state index is 0.766. The van der Waals surface area contributed by atoms with Crippen LogP contribution in [0, 0.1) is 6.92 Å². The Hall–Kier alpha value is -2.30. The van der Waals surface area contributed by atoms with Crippen molar-refractivity contribution < 1.29 is 0 Å². The highest BCUT2D eigenvalue weighted by atomic mass is 15.1. The zero-order chi connectivity index (χ0) is 11.7. The lowest BCUT2D eigenvalue weighted by Crippen LogP contribution is -1.99. The summed E-state index contributed by atoms with van der Waals surface area (Å²) in [6, 6.07) is 6.15. The third kappa shape index (κ3) is 1.87. The van der Waals surface area contributed by atoms with E-state index >= 15 is 0 Å². The molecule has 1 aromatic carbocycles. The van der Waals surface area contributed by atoms with Crippen LogP contribution in [-0.2, 0) is 6.54 Å². The van der Waals surface area contributed by atoms with Crippen molar-refractivity contribution in [2.45, 2.75) is 13.5 Å². The van der Waals surface area contributed by atoms with Gasteiger partial charge in [-0.3, -0.25) is 10.2 Å².